The Bertz CT molecular complexity index is 376. The molecule has 0 spiro atoms. The van der Waals surface area contributed by atoms with Crippen LogP contribution in [0.2, 0.25) is 0 Å². The van der Waals surface area contributed by atoms with Crippen molar-refractivity contribution in [3.63, 3.8) is 0 Å². The van der Waals surface area contributed by atoms with Crippen LogP contribution in [0.3, 0.4) is 0 Å². The second-order valence-corrected chi connectivity index (χ2v) is 3.77. The Morgan fingerprint density at radius 3 is 2.60 bits per heavy atom. The molecule has 3 nitrogen and oxygen atoms in total. The largest absolute Gasteiger partial charge is 0.389 e. The summed E-state index contributed by atoms with van der Waals surface area (Å²) >= 11 is 0. The number of hydrogen-bond acceptors (Lipinski definition) is 3. The van der Waals surface area contributed by atoms with Crippen LogP contribution in [0.1, 0.15) is 26.7 Å². The lowest BCUT2D eigenvalue weighted by atomic mass is 9.94. The average molecular weight is 206 g/mol. The molecule has 1 heterocycles. The van der Waals surface area contributed by atoms with Crippen molar-refractivity contribution in [1.82, 2.24) is 0 Å². The van der Waals surface area contributed by atoms with Crippen LogP contribution >= 0.6 is 0 Å². The quantitative estimate of drug-likeness (QED) is 0.449. The molecule has 2 unspecified atom stereocenters. The second kappa shape index (κ2) is 3.65. The number of rotatable bonds is 0. The zero-order valence-electron chi connectivity index (χ0n) is 8.95. The summed E-state index contributed by atoms with van der Waals surface area (Å²) in [4.78, 5) is 22.2. The lowest BCUT2D eigenvalue weighted by molar-refractivity contribution is -0.157. The SMILES string of the molecule is CC.O=C1CC2=CC3CC3C=C2C(=O)O1. The van der Waals surface area contributed by atoms with Gasteiger partial charge in [0.2, 0.25) is 0 Å². The van der Waals surface area contributed by atoms with Gasteiger partial charge in [0.05, 0.1) is 12.0 Å². The van der Waals surface area contributed by atoms with Crippen molar-refractivity contribution in [2.45, 2.75) is 26.7 Å². The topological polar surface area (TPSA) is 43.4 Å². The molecule has 1 saturated carbocycles. The van der Waals surface area contributed by atoms with Gasteiger partial charge in [0.25, 0.3) is 0 Å². The van der Waals surface area contributed by atoms with Crippen LogP contribution in [-0.2, 0) is 14.3 Å². The minimum Gasteiger partial charge on any atom is -0.389 e. The van der Waals surface area contributed by atoms with Gasteiger partial charge in [-0.25, -0.2) is 4.79 Å². The first kappa shape index (κ1) is 10.1. The molecule has 0 radical (unpaired) electrons. The lowest BCUT2D eigenvalue weighted by Crippen LogP contribution is -2.24. The molecule has 0 amide bonds. The van der Waals surface area contributed by atoms with Crippen LogP contribution in [0.15, 0.2) is 23.3 Å². The second-order valence-electron chi connectivity index (χ2n) is 3.77. The molecule has 0 bridgehead atoms. The van der Waals surface area contributed by atoms with Crippen LogP contribution in [-0.4, -0.2) is 11.9 Å². The molecule has 3 heteroatoms. The van der Waals surface area contributed by atoms with Gasteiger partial charge in [-0.1, -0.05) is 26.0 Å². The third-order valence-corrected chi connectivity index (χ3v) is 2.79. The molecule has 2 aliphatic carbocycles. The molecule has 0 N–H and O–H groups in total. The van der Waals surface area contributed by atoms with Gasteiger partial charge in [-0.05, 0) is 23.8 Å². The molecule has 3 rings (SSSR count). The van der Waals surface area contributed by atoms with E-state index in [0.29, 0.717) is 17.4 Å². The van der Waals surface area contributed by atoms with E-state index in [1.807, 2.05) is 19.9 Å². The van der Waals surface area contributed by atoms with Crippen molar-refractivity contribution in [1.29, 1.82) is 0 Å². The maximum absolute atomic E-state index is 11.3. The number of esters is 2. The molecule has 2 fully saturated rings. The van der Waals surface area contributed by atoms with E-state index in [2.05, 4.69) is 10.8 Å². The maximum Gasteiger partial charge on any atom is 0.345 e. The summed E-state index contributed by atoms with van der Waals surface area (Å²) in [5, 5.41) is 0. The van der Waals surface area contributed by atoms with E-state index < -0.39 is 11.9 Å². The van der Waals surface area contributed by atoms with Crippen molar-refractivity contribution in [3.05, 3.63) is 23.3 Å². The van der Waals surface area contributed by atoms with Gasteiger partial charge in [0.1, 0.15) is 0 Å². The Morgan fingerprint density at radius 2 is 1.87 bits per heavy atom. The van der Waals surface area contributed by atoms with Crippen molar-refractivity contribution in [2.24, 2.45) is 11.8 Å². The van der Waals surface area contributed by atoms with Crippen LogP contribution in [0, 0.1) is 11.8 Å². The average Bonchev–Trinajstić information content (AvgIpc) is 2.96. The molecule has 0 aromatic carbocycles. The number of fused-ring (bicyclic) bond motifs is 2. The summed E-state index contributed by atoms with van der Waals surface area (Å²) in [7, 11) is 0. The molecule has 0 aromatic rings. The number of allylic oxidation sites excluding steroid dienone is 2. The normalized spacial score (nSPS) is 31.1. The van der Waals surface area contributed by atoms with Gasteiger partial charge in [0, 0.05) is 0 Å². The Morgan fingerprint density at radius 1 is 1.20 bits per heavy atom. The molecule has 2 atom stereocenters. The van der Waals surface area contributed by atoms with Gasteiger partial charge >= 0.3 is 11.9 Å². The molecule has 0 aromatic heterocycles. The lowest BCUT2D eigenvalue weighted by Gasteiger charge is -2.18. The van der Waals surface area contributed by atoms with Crippen molar-refractivity contribution in [2.75, 3.05) is 0 Å². The first-order valence-corrected chi connectivity index (χ1v) is 5.42. The Kier molecular flexibility index (Phi) is 2.47. The Labute approximate surface area is 88.8 Å². The fraction of sp³-hybridized carbons (Fsp3) is 0.500. The molecular weight excluding hydrogens is 192 g/mol. The first-order chi connectivity index (χ1) is 7.24. The van der Waals surface area contributed by atoms with Gasteiger partial charge in [-0.3, -0.25) is 4.79 Å². The number of carbonyl (C=O) groups is 2. The fourth-order valence-electron chi connectivity index (χ4n) is 1.99. The molecule has 1 aliphatic heterocycles. The van der Waals surface area contributed by atoms with Crippen molar-refractivity contribution in [3.8, 4) is 0 Å². The van der Waals surface area contributed by atoms with E-state index in [1.165, 1.54) is 0 Å². The standard InChI is InChI=1S/C10H8O3.C2H6/c11-9-4-7-2-5-1-6(5)3-8(7)10(12)13-9;1-2/h2-3,5-6H,1,4H2;1-2H3. The summed E-state index contributed by atoms with van der Waals surface area (Å²) in [6.45, 7) is 4.00. The van der Waals surface area contributed by atoms with Crippen LogP contribution in [0.25, 0.3) is 0 Å². The van der Waals surface area contributed by atoms with E-state index in [0.717, 1.165) is 12.0 Å². The van der Waals surface area contributed by atoms with E-state index in [4.69, 9.17) is 0 Å². The number of carbonyl (C=O) groups excluding carboxylic acids is 2. The summed E-state index contributed by atoms with van der Waals surface area (Å²) in [6.07, 6.45) is 5.39. The number of cyclic esters (lactones) is 2. The Hall–Kier alpha value is -1.38. The summed E-state index contributed by atoms with van der Waals surface area (Å²) in [5.41, 5.74) is 1.50. The molecule has 15 heavy (non-hydrogen) atoms. The minimum absolute atomic E-state index is 0.265. The monoisotopic (exact) mass is 206 g/mol. The van der Waals surface area contributed by atoms with Gasteiger partial charge in [0.15, 0.2) is 0 Å². The van der Waals surface area contributed by atoms with Gasteiger partial charge in [-0.15, -0.1) is 0 Å². The summed E-state index contributed by atoms with van der Waals surface area (Å²) in [6, 6.07) is 0. The summed E-state index contributed by atoms with van der Waals surface area (Å²) < 4.78 is 4.54. The predicted octanol–water partition coefficient (Wildman–Crippen LogP) is 1.99. The highest BCUT2D eigenvalue weighted by molar-refractivity contribution is 6.05. The maximum atomic E-state index is 11.3. The number of hydrogen-bond donors (Lipinski definition) is 0. The van der Waals surface area contributed by atoms with Crippen molar-refractivity contribution >= 4 is 11.9 Å². The van der Waals surface area contributed by atoms with Crippen LogP contribution < -0.4 is 0 Å². The highest BCUT2D eigenvalue weighted by Crippen LogP contribution is 2.47. The molecule has 3 aliphatic rings. The van der Waals surface area contributed by atoms with E-state index in [9.17, 15) is 9.59 Å². The zero-order chi connectivity index (χ0) is 11.0. The number of ether oxygens (including phenoxy) is 1. The van der Waals surface area contributed by atoms with Crippen molar-refractivity contribution < 1.29 is 14.3 Å². The Balaban J connectivity index is 0.000000404. The predicted molar refractivity (Wildman–Crippen MR) is 54.8 cm³/mol. The van der Waals surface area contributed by atoms with Crippen LogP contribution in [0.4, 0.5) is 0 Å². The highest BCUT2D eigenvalue weighted by Gasteiger charge is 2.41. The smallest absolute Gasteiger partial charge is 0.345 e. The third-order valence-electron chi connectivity index (χ3n) is 2.79. The molecular formula is C12H14O3. The molecule has 80 valence electrons. The van der Waals surface area contributed by atoms with E-state index in [-0.39, 0.29) is 6.42 Å². The first-order valence-electron chi connectivity index (χ1n) is 5.42. The molecule has 1 saturated heterocycles. The van der Waals surface area contributed by atoms with E-state index in [1.54, 1.807) is 0 Å². The third kappa shape index (κ3) is 1.74. The summed E-state index contributed by atoms with van der Waals surface area (Å²) in [5.74, 6) is 0.220. The van der Waals surface area contributed by atoms with Crippen LogP contribution in [0.5, 0.6) is 0 Å². The van der Waals surface area contributed by atoms with E-state index >= 15 is 0 Å². The highest BCUT2D eigenvalue weighted by atomic mass is 16.6. The zero-order valence-corrected chi connectivity index (χ0v) is 8.95. The van der Waals surface area contributed by atoms with Gasteiger partial charge < -0.3 is 4.74 Å². The fourth-order valence-corrected chi connectivity index (χ4v) is 1.99. The van der Waals surface area contributed by atoms with Gasteiger partial charge in [-0.2, -0.15) is 0 Å². The minimum atomic E-state index is -0.465.